The number of phenols is 1. The lowest BCUT2D eigenvalue weighted by atomic mass is 10.1. The van der Waals surface area contributed by atoms with Gasteiger partial charge < -0.3 is 15.3 Å². The monoisotopic (exact) mass is 250 g/mol. The van der Waals surface area contributed by atoms with Crippen LogP contribution in [0, 0.1) is 0 Å². The van der Waals surface area contributed by atoms with Crippen LogP contribution < -0.4 is 5.32 Å². The van der Waals surface area contributed by atoms with Crippen molar-refractivity contribution >= 4 is 5.91 Å². The van der Waals surface area contributed by atoms with Crippen molar-refractivity contribution < 1.29 is 9.90 Å². The zero-order valence-corrected chi connectivity index (χ0v) is 9.85. The zero-order chi connectivity index (χ0) is 12.1. The molecule has 1 heterocycles. The number of hydrogen-bond donors (Lipinski definition) is 2. The summed E-state index contributed by atoms with van der Waals surface area (Å²) in [6.07, 6.45) is 1.08. The van der Waals surface area contributed by atoms with E-state index in [0.29, 0.717) is 12.8 Å². The van der Waals surface area contributed by atoms with Crippen molar-refractivity contribution in [2.45, 2.75) is 20.3 Å². The molecule has 1 aromatic rings. The largest absolute Gasteiger partial charge is 0.508 e. The van der Waals surface area contributed by atoms with E-state index >= 15 is 0 Å². The standard InChI is InChI=1S/C13H18N2O2.CH4/c16-12-4-2-1-3-11(12)5-6-13(17)15-9-7-14-8-10-15;/h1-4,14,16H,5-10H2;1H4. The Kier molecular flexibility index (Phi) is 5.65. The molecule has 1 saturated heterocycles. The van der Waals surface area contributed by atoms with Crippen molar-refractivity contribution in [2.75, 3.05) is 26.2 Å². The van der Waals surface area contributed by atoms with Gasteiger partial charge in [0.05, 0.1) is 0 Å². The summed E-state index contributed by atoms with van der Waals surface area (Å²) in [6, 6.07) is 7.19. The summed E-state index contributed by atoms with van der Waals surface area (Å²) in [7, 11) is 0. The molecular weight excluding hydrogens is 228 g/mol. The van der Waals surface area contributed by atoms with E-state index in [0.717, 1.165) is 31.7 Å². The van der Waals surface area contributed by atoms with E-state index in [1.807, 2.05) is 17.0 Å². The number of aryl methyl sites for hydroxylation is 1. The van der Waals surface area contributed by atoms with E-state index < -0.39 is 0 Å². The van der Waals surface area contributed by atoms with Crippen LogP contribution in [0.1, 0.15) is 19.4 Å². The number of piperazine rings is 1. The van der Waals surface area contributed by atoms with Gasteiger partial charge in [0.25, 0.3) is 0 Å². The summed E-state index contributed by atoms with van der Waals surface area (Å²) in [5.41, 5.74) is 0.844. The van der Waals surface area contributed by atoms with E-state index in [-0.39, 0.29) is 19.1 Å². The highest BCUT2D eigenvalue weighted by Gasteiger charge is 2.16. The quantitative estimate of drug-likeness (QED) is 0.852. The Balaban J connectivity index is 0.00000162. The maximum Gasteiger partial charge on any atom is 0.222 e. The van der Waals surface area contributed by atoms with Crippen molar-refractivity contribution in [2.24, 2.45) is 0 Å². The third-order valence-corrected chi connectivity index (χ3v) is 3.07. The molecule has 2 N–H and O–H groups in total. The molecule has 18 heavy (non-hydrogen) atoms. The zero-order valence-electron chi connectivity index (χ0n) is 9.85. The van der Waals surface area contributed by atoms with Crippen LogP contribution in [0.15, 0.2) is 24.3 Å². The Morgan fingerprint density at radius 2 is 1.94 bits per heavy atom. The number of nitrogens with one attached hydrogen (secondary N) is 1. The van der Waals surface area contributed by atoms with Crippen molar-refractivity contribution in [3.05, 3.63) is 29.8 Å². The van der Waals surface area contributed by atoms with Crippen LogP contribution in [0.4, 0.5) is 0 Å². The predicted molar refractivity (Wildman–Crippen MR) is 72.6 cm³/mol. The molecule has 1 aliphatic rings. The summed E-state index contributed by atoms with van der Waals surface area (Å²) in [5.74, 6) is 0.454. The molecule has 1 amide bonds. The van der Waals surface area contributed by atoms with Gasteiger partial charge in [-0.1, -0.05) is 25.6 Å². The molecule has 0 saturated carbocycles. The van der Waals surface area contributed by atoms with E-state index in [2.05, 4.69) is 5.32 Å². The number of carbonyl (C=O) groups excluding carboxylic acids is 1. The minimum Gasteiger partial charge on any atom is -0.508 e. The molecule has 4 heteroatoms. The minimum absolute atomic E-state index is 0. The SMILES string of the molecule is C.O=C(CCc1ccccc1O)N1CCNCC1. The Labute approximate surface area is 109 Å². The molecule has 2 rings (SSSR count). The molecule has 0 radical (unpaired) electrons. The van der Waals surface area contributed by atoms with Crippen molar-refractivity contribution in [1.29, 1.82) is 0 Å². The van der Waals surface area contributed by atoms with E-state index in [9.17, 15) is 9.90 Å². The summed E-state index contributed by atoms with van der Waals surface area (Å²) in [6.45, 7) is 3.34. The number of para-hydroxylation sites is 1. The highest BCUT2D eigenvalue weighted by Crippen LogP contribution is 2.17. The fourth-order valence-electron chi connectivity index (χ4n) is 2.04. The smallest absolute Gasteiger partial charge is 0.222 e. The third-order valence-electron chi connectivity index (χ3n) is 3.07. The summed E-state index contributed by atoms with van der Waals surface area (Å²) < 4.78 is 0. The molecule has 0 unspecified atom stereocenters. The lowest BCUT2D eigenvalue weighted by molar-refractivity contribution is -0.131. The number of hydrogen-bond acceptors (Lipinski definition) is 3. The van der Waals surface area contributed by atoms with E-state index in [1.54, 1.807) is 12.1 Å². The van der Waals surface area contributed by atoms with Gasteiger partial charge in [0, 0.05) is 32.6 Å². The third kappa shape index (κ3) is 3.74. The first kappa shape index (κ1) is 14.5. The van der Waals surface area contributed by atoms with Gasteiger partial charge in [0.2, 0.25) is 5.91 Å². The Hall–Kier alpha value is -1.55. The number of benzene rings is 1. The number of amides is 1. The Bertz CT molecular complexity index is 387. The second-order valence-corrected chi connectivity index (χ2v) is 4.26. The lowest BCUT2D eigenvalue weighted by Gasteiger charge is -2.27. The minimum atomic E-state index is 0. The number of rotatable bonds is 3. The molecule has 100 valence electrons. The van der Waals surface area contributed by atoms with Crippen LogP contribution in [-0.4, -0.2) is 42.1 Å². The molecule has 1 fully saturated rings. The van der Waals surface area contributed by atoms with Crippen molar-refractivity contribution in [1.82, 2.24) is 10.2 Å². The number of carbonyl (C=O) groups is 1. The van der Waals surface area contributed by atoms with Gasteiger partial charge in [0.15, 0.2) is 0 Å². The summed E-state index contributed by atoms with van der Waals surface area (Å²) in [5, 5.41) is 12.8. The van der Waals surface area contributed by atoms with Crippen molar-refractivity contribution in [3.63, 3.8) is 0 Å². The number of phenolic OH excluding ortho intramolecular Hbond substituents is 1. The highest BCUT2D eigenvalue weighted by atomic mass is 16.3. The topological polar surface area (TPSA) is 52.6 Å². The second kappa shape index (κ2) is 7.01. The normalized spacial score (nSPS) is 15.0. The van der Waals surface area contributed by atoms with Gasteiger partial charge in [-0.15, -0.1) is 0 Å². The van der Waals surface area contributed by atoms with Crippen LogP contribution in [0.25, 0.3) is 0 Å². The van der Waals surface area contributed by atoms with E-state index in [1.165, 1.54) is 0 Å². The van der Waals surface area contributed by atoms with Crippen LogP contribution in [0.2, 0.25) is 0 Å². The Morgan fingerprint density at radius 3 is 2.61 bits per heavy atom. The van der Waals surface area contributed by atoms with Crippen molar-refractivity contribution in [3.8, 4) is 5.75 Å². The van der Waals surface area contributed by atoms with Gasteiger partial charge in [-0.2, -0.15) is 0 Å². The van der Waals surface area contributed by atoms with Gasteiger partial charge in [0.1, 0.15) is 5.75 Å². The average molecular weight is 250 g/mol. The molecule has 1 aliphatic heterocycles. The fraction of sp³-hybridized carbons (Fsp3) is 0.500. The van der Waals surface area contributed by atoms with Crippen LogP contribution in [0.5, 0.6) is 5.75 Å². The van der Waals surface area contributed by atoms with Gasteiger partial charge in [-0.05, 0) is 18.1 Å². The number of aromatic hydroxyl groups is 1. The van der Waals surface area contributed by atoms with E-state index in [4.69, 9.17) is 0 Å². The molecule has 0 aromatic heterocycles. The average Bonchev–Trinajstić information content (AvgIpc) is 2.38. The van der Waals surface area contributed by atoms with Gasteiger partial charge in [-0.3, -0.25) is 4.79 Å². The molecule has 0 atom stereocenters. The number of nitrogens with zero attached hydrogens (tertiary/aromatic N) is 1. The molecule has 0 aliphatic carbocycles. The highest BCUT2D eigenvalue weighted by molar-refractivity contribution is 5.76. The first-order valence-corrected chi connectivity index (χ1v) is 6.03. The molecule has 1 aromatic carbocycles. The first-order valence-electron chi connectivity index (χ1n) is 6.03. The maximum absolute atomic E-state index is 11.9. The first-order chi connectivity index (χ1) is 8.27. The predicted octanol–water partition coefficient (Wildman–Crippen LogP) is 1.39. The lowest BCUT2D eigenvalue weighted by Crippen LogP contribution is -2.46. The van der Waals surface area contributed by atoms with Crippen LogP contribution in [0.3, 0.4) is 0 Å². The van der Waals surface area contributed by atoms with Gasteiger partial charge in [-0.25, -0.2) is 0 Å². The molecule has 0 bridgehead atoms. The second-order valence-electron chi connectivity index (χ2n) is 4.26. The summed E-state index contributed by atoms with van der Waals surface area (Å²) >= 11 is 0. The molecule has 4 nitrogen and oxygen atoms in total. The maximum atomic E-state index is 11.9. The fourth-order valence-corrected chi connectivity index (χ4v) is 2.04. The molecular formula is C14H22N2O2. The van der Waals surface area contributed by atoms with Crippen LogP contribution in [-0.2, 0) is 11.2 Å². The van der Waals surface area contributed by atoms with Crippen LogP contribution >= 0.6 is 0 Å². The van der Waals surface area contributed by atoms with Gasteiger partial charge >= 0.3 is 0 Å². The Morgan fingerprint density at radius 1 is 1.28 bits per heavy atom. The molecule has 0 spiro atoms. The summed E-state index contributed by atoms with van der Waals surface area (Å²) in [4.78, 5) is 13.8.